The predicted octanol–water partition coefficient (Wildman–Crippen LogP) is 3.81. The van der Waals surface area contributed by atoms with Gasteiger partial charge in [0.2, 0.25) is 0 Å². The van der Waals surface area contributed by atoms with Gasteiger partial charge in [0.15, 0.2) is 11.0 Å². The highest BCUT2D eigenvalue weighted by molar-refractivity contribution is 7.99. The lowest BCUT2D eigenvalue weighted by Gasteiger charge is -2.13. The molecule has 0 radical (unpaired) electrons. The summed E-state index contributed by atoms with van der Waals surface area (Å²) in [6.45, 7) is 5.09. The first-order valence-corrected chi connectivity index (χ1v) is 9.65. The van der Waals surface area contributed by atoms with Crippen molar-refractivity contribution in [3.8, 4) is 17.1 Å². The normalized spacial score (nSPS) is 12.1. The standard InChI is InChI=1S/C20H23N3O2S/c1-3-23-19(16-10-5-4-6-11-16)21-22-20(23)26-14-17(24)13-25-18-12-8-7-9-15(18)2/h4-12,17,24H,3,13-14H2,1-2H3/t17-/m0/s1. The molecule has 136 valence electrons. The van der Waals surface area contributed by atoms with Crippen molar-refractivity contribution in [1.82, 2.24) is 14.8 Å². The minimum Gasteiger partial charge on any atom is -0.491 e. The van der Waals surface area contributed by atoms with E-state index in [1.807, 2.05) is 61.5 Å². The first-order chi connectivity index (χ1) is 12.7. The summed E-state index contributed by atoms with van der Waals surface area (Å²) in [4.78, 5) is 0. The number of rotatable bonds is 8. The Balaban J connectivity index is 1.59. The van der Waals surface area contributed by atoms with Crippen LogP contribution in [-0.2, 0) is 6.54 Å². The molecule has 0 aliphatic carbocycles. The number of nitrogens with zero attached hydrogens (tertiary/aromatic N) is 3. The highest BCUT2D eigenvalue weighted by Gasteiger charge is 2.15. The summed E-state index contributed by atoms with van der Waals surface area (Å²) in [5.74, 6) is 2.15. The van der Waals surface area contributed by atoms with Gasteiger partial charge in [0.25, 0.3) is 0 Å². The Bertz CT molecular complexity index is 836. The molecule has 5 nitrogen and oxygen atoms in total. The lowest BCUT2D eigenvalue weighted by atomic mass is 10.2. The molecule has 0 fully saturated rings. The Morgan fingerprint density at radius 3 is 2.54 bits per heavy atom. The molecular weight excluding hydrogens is 346 g/mol. The van der Waals surface area contributed by atoms with Gasteiger partial charge < -0.3 is 14.4 Å². The molecule has 1 atom stereocenters. The summed E-state index contributed by atoms with van der Waals surface area (Å²) in [7, 11) is 0. The number of aliphatic hydroxyl groups is 1. The van der Waals surface area contributed by atoms with E-state index in [1.54, 1.807) is 0 Å². The van der Waals surface area contributed by atoms with E-state index in [1.165, 1.54) is 11.8 Å². The summed E-state index contributed by atoms with van der Waals surface area (Å²) >= 11 is 1.49. The number of benzene rings is 2. The predicted molar refractivity (Wildman–Crippen MR) is 105 cm³/mol. The van der Waals surface area contributed by atoms with Crippen LogP contribution in [0.15, 0.2) is 59.8 Å². The van der Waals surface area contributed by atoms with E-state index in [-0.39, 0.29) is 6.61 Å². The number of aryl methyl sites for hydroxylation is 1. The maximum Gasteiger partial charge on any atom is 0.191 e. The fourth-order valence-electron chi connectivity index (χ4n) is 2.60. The Morgan fingerprint density at radius 1 is 1.08 bits per heavy atom. The summed E-state index contributed by atoms with van der Waals surface area (Å²) in [5, 5.41) is 19.7. The average Bonchev–Trinajstić information content (AvgIpc) is 3.09. The van der Waals surface area contributed by atoms with Crippen molar-refractivity contribution in [1.29, 1.82) is 0 Å². The molecule has 0 saturated carbocycles. The fourth-order valence-corrected chi connectivity index (χ4v) is 3.51. The number of aromatic nitrogens is 3. The molecule has 0 unspecified atom stereocenters. The highest BCUT2D eigenvalue weighted by atomic mass is 32.2. The minimum atomic E-state index is -0.582. The number of hydrogen-bond acceptors (Lipinski definition) is 5. The molecule has 1 aromatic heterocycles. The van der Waals surface area contributed by atoms with Crippen LogP contribution >= 0.6 is 11.8 Å². The molecule has 1 N–H and O–H groups in total. The molecule has 0 saturated heterocycles. The van der Waals surface area contributed by atoms with Gasteiger partial charge in [-0.25, -0.2) is 0 Å². The van der Waals surface area contributed by atoms with Crippen molar-refractivity contribution in [2.75, 3.05) is 12.4 Å². The number of para-hydroxylation sites is 1. The third-order valence-corrected chi connectivity index (χ3v) is 5.11. The zero-order valence-electron chi connectivity index (χ0n) is 15.0. The van der Waals surface area contributed by atoms with Crippen LogP contribution < -0.4 is 4.74 Å². The Hall–Kier alpha value is -2.31. The van der Waals surface area contributed by atoms with Crippen LogP contribution in [0.1, 0.15) is 12.5 Å². The highest BCUT2D eigenvalue weighted by Crippen LogP contribution is 2.24. The topological polar surface area (TPSA) is 60.2 Å². The van der Waals surface area contributed by atoms with Gasteiger partial charge in [-0.1, -0.05) is 60.3 Å². The largest absolute Gasteiger partial charge is 0.491 e. The zero-order chi connectivity index (χ0) is 18.4. The van der Waals surface area contributed by atoms with Gasteiger partial charge in [-0.3, -0.25) is 0 Å². The molecule has 26 heavy (non-hydrogen) atoms. The summed E-state index contributed by atoms with van der Waals surface area (Å²) in [6, 6.07) is 17.8. The molecule has 2 aromatic carbocycles. The second kappa shape index (κ2) is 8.87. The van der Waals surface area contributed by atoms with Crippen molar-refractivity contribution in [2.24, 2.45) is 0 Å². The van der Waals surface area contributed by atoms with Gasteiger partial charge in [-0.15, -0.1) is 10.2 Å². The molecule has 0 spiro atoms. The van der Waals surface area contributed by atoms with E-state index >= 15 is 0 Å². The minimum absolute atomic E-state index is 0.254. The molecule has 3 aromatic rings. The number of thioether (sulfide) groups is 1. The van der Waals surface area contributed by atoms with Gasteiger partial charge in [0.05, 0.1) is 6.10 Å². The van der Waals surface area contributed by atoms with Crippen molar-refractivity contribution in [2.45, 2.75) is 31.7 Å². The number of hydrogen-bond donors (Lipinski definition) is 1. The quantitative estimate of drug-likeness (QED) is 0.612. The maximum absolute atomic E-state index is 10.2. The van der Waals surface area contributed by atoms with Crippen molar-refractivity contribution in [3.63, 3.8) is 0 Å². The molecule has 0 bridgehead atoms. The summed E-state index contributed by atoms with van der Waals surface area (Å²) < 4.78 is 7.78. The lowest BCUT2D eigenvalue weighted by Crippen LogP contribution is -2.20. The van der Waals surface area contributed by atoms with Crippen LogP contribution in [0.4, 0.5) is 0 Å². The van der Waals surface area contributed by atoms with Gasteiger partial charge in [-0.2, -0.15) is 0 Å². The molecule has 0 aliphatic heterocycles. The Morgan fingerprint density at radius 2 is 1.81 bits per heavy atom. The average molecular weight is 369 g/mol. The van der Waals surface area contributed by atoms with Crippen LogP contribution in [0.5, 0.6) is 5.75 Å². The molecule has 0 amide bonds. The summed E-state index contributed by atoms with van der Waals surface area (Å²) in [6.07, 6.45) is -0.582. The molecule has 0 aliphatic rings. The second-order valence-electron chi connectivity index (χ2n) is 5.96. The van der Waals surface area contributed by atoms with Gasteiger partial charge in [0, 0.05) is 17.9 Å². The Kier molecular flexibility index (Phi) is 6.30. The third-order valence-electron chi connectivity index (χ3n) is 3.99. The maximum atomic E-state index is 10.2. The smallest absolute Gasteiger partial charge is 0.191 e. The van der Waals surface area contributed by atoms with Crippen molar-refractivity contribution >= 4 is 11.8 Å². The van der Waals surface area contributed by atoms with Gasteiger partial charge in [-0.05, 0) is 25.5 Å². The number of ether oxygens (including phenoxy) is 1. The third kappa shape index (κ3) is 4.45. The summed E-state index contributed by atoms with van der Waals surface area (Å²) in [5.41, 5.74) is 2.10. The van der Waals surface area contributed by atoms with Crippen LogP contribution in [0.3, 0.4) is 0 Å². The molecule has 3 rings (SSSR count). The van der Waals surface area contributed by atoms with Crippen LogP contribution in [0.25, 0.3) is 11.4 Å². The molecular formula is C20H23N3O2S. The Labute approximate surface area is 158 Å². The number of aliphatic hydroxyl groups excluding tert-OH is 1. The van der Waals surface area contributed by atoms with E-state index < -0.39 is 6.10 Å². The van der Waals surface area contributed by atoms with Crippen LogP contribution in [0, 0.1) is 6.92 Å². The first kappa shape index (κ1) is 18.5. The SMILES string of the molecule is CCn1c(SC[C@@H](O)COc2ccccc2C)nnc1-c1ccccc1. The van der Waals surface area contributed by atoms with Gasteiger partial charge in [0.1, 0.15) is 12.4 Å². The van der Waals surface area contributed by atoms with E-state index in [2.05, 4.69) is 21.7 Å². The van der Waals surface area contributed by atoms with E-state index in [0.717, 1.165) is 34.4 Å². The molecule has 1 heterocycles. The van der Waals surface area contributed by atoms with E-state index in [9.17, 15) is 5.11 Å². The lowest BCUT2D eigenvalue weighted by molar-refractivity contribution is 0.126. The van der Waals surface area contributed by atoms with Crippen LogP contribution in [0.2, 0.25) is 0 Å². The van der Waals surface area contributed by atoms with E-state index in [0.29, 0.717) is 5.75 Å². The van der Waals surface area contributed by atoms with Gasteiger partial charge >= 0.3 is 0 Å². The molecule has 6 heteroatoms. The second-order valence-corrected chi connectivity index (χ2v) is 6.94. The monoisotopic (exact) mass is 369 g/mol. The zero-order valence-corrected chi connectivity index (χ0v) is 15.8. The van der Waals surface area contributed by atoms with Crippen LogP contribution in [-0.4, -0.2) is 38.3 Å². The van der Waals surface area contributed by atoms with Crippen molar-refractivity contribution in [3.05, 3.63) is 60.2 Å². The van der Waals surface area contributed by atoms with Crippen molar-refractivity contribution < 1.29 is 9.84 Å². The fraction of sp³-hybridized carbons (Fsp3) is 0.300. The van der Waals surface area contributed by atoms with E-state index in [4.69, 9.17) is 4.74 Å². The first-order valence-electron chi connectivity index (χ1n) is 8.67.